The first-order valence-corrected chi connectivity index (χ1v) is 9.70. The number of halogens is 1. The molecule has 3 rings (SSSR count). The Kier molecular flexibility index (Phi) is 6.16. The van der Waals surface area contributed by atoms with Crippen LogP contribution in [0, 0.1) is 6.92 Å². The molecule has 7 heteroatoms. The van der Waals surface area contributed by atoms with E-state index >= 15 is 0 Å². The van der Waals surface area contributed by atoms with Crippen molar-refractivity contribution in [2.45, 2.75) is 45.7 Å². The molecule has 27 heavy (non-hydrogen) atoms. The van der Waals surface area contributed by atoms with Crippen LogP contribution < -0.4 is 4.90 Å². The summed E-state index contributed by atoms with van der Waals surface area (Å²) >= 11 is 5.97. The van der Waals surface area contributed by atoms with Gasteiger partial charge >= 0.3 is 0 Å². The van der Waals surface area contributed by atoms with E-state index < -0.39 is 0 Å². The number of anilines is 1. The molecule has 0 saturated carbocycles. The van der Waals surface area contributed by atoms with Gasteiger partial charge < -0.3 is 14.4 Å². The summed E-state index contributed by atoms with van der Waals surface area (Å²) in [5.74, 6) is 0.682. The van der Waals surface area contributed by atoms with Crippen LogP contribution >= 0.6 is 11.6 Å². The molecular formula is C20H25ClN4O2. The molecule has 1 fully saturated rings. The predicted molar refractivity (Wildman–Crippen MR) is 106 cm³/mol. The third-order valence-electron chi connectivity index (χ3n) is 5.02. The highest BCUT2D eigenvalue weighted by Gasteiger charge is 2.35. The highest BCUT2D eigenvalue weighted by Crippen LogP contribution is 2.24. The largest absolute Gasteiger partial charge is 0.327 e. The Labute approximate surface area is 164 Å². The number of carbonyl (C=O) groups is 2. The maximum Gasteiger partial charge on any atom is 0.246 e. The lowest BCUT2D eigenvalue weighted by Crippen LogP contribution is -2.58. The van der Waals surface area contributed by atoms with E-state index in [1.807, 2.05) is 23.6 Å². The van der Waals surface area contributed by atoms with Gasteiger partial charge in [-0.1, -0.05) is 31.4 Å². The average molecular weight is 389 g/mol. The molecule has 0 unspecified atom stereocenters. The van der Waals surface area contributed by atoms with Crippen LogP contribution in [0.5, 0.6) is 0 Å². The van der Waals surface area contributed by atoms with Gasteiger partial charge in [0.1, 0.15) is 18.9 Å². The van der Waals surface area contributed by atoms with Gasteiger partial charge in [0.25, 0.3) is 0 Å². The Morgan fingerprint density at radius 3 is 2.67 bits per heavy atom. The standard InChI is InChI=1S/C20H25ClN4O2/c1-3-4-5-18-12-24(17-8-6-16(21)7-9-17)20(27)14-25(18)19(26)13-23-11-10-22-15(23)2/h6-11,18H,3-5,12-14H2,1-2H3/t18-/m0/s1. The Hall–Kier alpha value is -2.34. The van der Waals surface area contributed by atoms with Crippen molar-refractivity contribution in [1.82, 2.24) is 14.5 Å². The maximum atomic E-state index is 12.9. The Morgan fingerprint density at radius 2 is 2.04 bits per heavy atom. The quantitative estimate of drug-likeness (QED) is 0.763. The van der Waals surface area contributed by atoms with Crippen LogP contribution in [0.15, 0.2) is 36.7 Å². The predicted octanol–water partition coefficient (Wildman–Crippen LogP) is 3.28. The molecule has 1 aromatic carbocycles. The van der Waals surface area contributed by atoms with Gasteiger partial charge in [-0.25, -0.2) is 4.98 Å². The van der Waals surface area contributed by atoms with Crippen molar-refractivity contribution in [2.75, 3.05) is 18.0 Å². The van der Waals surface area contributed by atoms with E-state index in [1.165, 1.54) is 0 Å². The highest BCUT2D eigenvalue weighted by atomic mass is 35.5. The molecule has 0 bridgehead atoms. The summed E-state index contributed by atoms with van der Waals surface area (Å²) < 4.78 is 1.81. The van der Waals surface area contributed by atoms with Crippen molar-refractivity contribution in [1.29, 1.82) is 0 Å². The van der Waals surface area contributed by atoms with Crippen LogP contribution in [-0.2, 0) is 16.1 Å². The molecule has 0 radical (unpaired) electrons. The monoisotopic (exact) mass is 388 g/mol. The average Bonchev–Trinajstić information content (AvgIpc) is 3.06. The zero-order valence-corrected chi connectivity index (χ0v) is 16.5. The Balaban J connectivity index is 1.77. The lowest BCUT2D eigenvalue weighted by Gasteiger charge is -2.41. The molecule has 144 valence electrons. The molecule has 1 atom stereocenters. The Bertz CT molecular complexity index is 803. The highest BCUT2D eigenvalue weighted by molar-refractivity contribution is 6.30. The van der Waals surface area contributed by atoms with E-state index in [2.05, 4.69) is 11.9 Å². The second kappa shape index (κ2) is 8.57. The van der Waals surface area contributed by atoms with Crippen LogP contribution in [0.25, 0.3) is 0 Å². The molecule has 0 aliphatic carbocycles. The van der Waals surface area contributed by atoms with Crippen LogP contribution in [0.2, 0.25) is 5.02 Å². The van der Waals surface area contributed by atoms with E-state index in [0.717, 1.165) is 30.8 Å². The van der Waals surface area contributed by atoms with Crippen LogP contribution in [0.1, 0.15) is 32.0 Å². The van der Waals surface area contributed by atoms with E-state index in [-0.39, 0.29) is 30.9 Å². The number of amides is 2. The van der Waals surface area contributed by atoms with Gasteiger partial charge in [0.05, 0.1) is 6.04 Å². The molecule has 1 aliphatic heterocycles. The second-order valence-electron chi connectivity index (χ2n) is 6.90. The van der Waals surface area contributed by atoms with Gasteiger partial charge in [-0.2, -0.15) is 0 Å². The fraction of sp³-hybridized carbons (Fsp3) is 0.450. The number of piperazine rings is 1. The van der Waals surface area contributed by atoms with Crippen LogP contribution in [0.4, 0.5) is 5.69 Å². The lowest BCUT2D eigenvalue weighted by atomic mass is 10.0. The number of aryl methyl sites for hydroxylation is 1. The molecule has 1 aromatic heterocycles. The number of aromatic nitrogens is 2. The minimum absolute atomic E-state index is 0.00894. The minimum atomic E-state index is -0.0687. The van der Waals surface area contributed by atoms with Crippen molar-refractivity contribution in [3.05, 3.63) is 47.5 Å². The fourth-order valence-corrected chi connectivity index (χ4v) is 3.55. The number of nitrogens with zero attached hydrogens (tertiary/aromatic N) is 4. The summed E-state index contributed by atoms with van der Waals surface area (Å²) in [7, 11) is 0. The summed E-state index contributed by atoms with van der Waals surface area (Å²) in [4.78, 5) is 33.3. The van der Waals surface area contributed by atoms with Gasteiger partial charge in [-0.05, 0) is 37.6 Å². The van der Waals surface area contributed by atoms with Crippen molar-refractivity contribution >= 4 is 29.1 Å². The fourth-order valence-electron chi connectivity index (χ4n) is 3.43. The summed E-state index contributed by atoms with van der Waals surface area (Å²) in [6.07, 6.45) is 6.42. The first-order chi connectivity index (χ1) is 13.0. The molecule has 1 saturated heterocycles. The molecule has 6 nitrogen and oxygen atoms in total. The van der Waals surface area contributed by atoms with Gasteiger partial charge in [-0.15, -0.1) is 0 Å². The van der Waals surface area contributed by atoms with E-state index in [0.29, 0.717) is 11.6 Å². The smallest absolute Gasteiger partial charge is 0.246 e. The number of rotatable bonds is 6. The van der Waals surface area contributed by atoms with Gasteiger partial charge in [-0.3, -0.25) is 9.59 Å². The maximum absolute atomic E-state index is 12.9. The third-order valence-corrected chi connectivity index (χ3v) is 5.27. The number of carbonyl (C=O) groups excluding carboxylic acids is 2. The molecule has 2 amide bonds. The summed E-state index contributed by atoms with van der Waals surface area (Å²) in [6, 6.07) is 7.27. The van der Waals surface area contributed by atoms with Gasteiger partial charge in [0.15, 0.2) is 0 Å². The zero-order chi connectivity index (χ0) is 19.4. The molecule has 0 spiro atoms. The number of benzene rings is 1. The molecule has 2 aromatic rings. The topological polar surface area (TPSA) is 58.4 Å². The normalized spacial score (nSPS) is 17.4. The molecule has 0 N–H and O–H groups in total. The van der Waals surface area contributed by atoms with Crippen molar-refractivity contribution in [3.63, 3.8) is 0 Å². The summed E-state index contributed by atoms with van der Waals surface area (Å²) in [5, 5.41) is 0.637. The first kappa shape index (κ1) is 19.4. The zero-order valence-electron chi connectivity index (χ0n) is 15.8. The van der Waals surface area contributed by atoms with Crippen molar-refractivity contribution < 1.29 is 9.59 Å². The van der Waals surface area contributed by atoms with Crippen LogP contribution in [0.3, 0.4) is 0 Å². The van der Waals surface area contributed by atoms with E-state index in [9.17, 15) is 9.59 Å². The molecule has 1 aliphatic rings. The van der Waals surface area contributed by atoms with Gasteiger partial charge in [0, 0.05) is 29.6 Å². The number of hydrogen-bond acceptors (Lipinski definition) is 3. The number of unbranched alkanes of at least 4 members (excludes halogenated alkanes) is 1. The third kappa shape index (κ3) is 4.50. The molecule has 2 heterocycles. The molecular weight excluding hydrogens is 364 g/mol. The van der Waals surface area contributed by atoms with E-state index in [4.69, 9.17) is 11.6 Å². The summed E-state index contributed by atoms with van der Waals surface area (Å²) in [5.41, 5.74) is 0.823. The van der Waals surface area contributed by atoms with E-state index in [1.54, 1.807) is 34.3 Å². The van der Waals surface area contributed by atoms with Gasteiger partial charge in [0.2, 0.25) is 11.8 Å². The number of imidazole rings is 1. The van der Waals surface area contributed by atoms with Crippen LogP contribution in [-0.4, -0.2) is 45.4 Å². The number of hydrogen-bond donors (Lipinski definition) is 0. The van der Waals surface area contributed by atoms with Crippen molar-refractivity contribution in [2.24, 2.45) is 0 Å². The summed E-state index contributed by atoms with van der Waals surface area (Å²) in [6.45, 7) is 4.82. The van der Waals surface area contributed by atoms with Crippen molar-refractivity contribution in [3.8, 4) is 0 Å². The lowest BCUT2D eigenvalue weighted by molar-refractivity contribution is -0.140. The first-order valence-electron chi connectivity index (χ1n) is 9.32. The second-order valence-corrected chi connectivity index (χ2v) is 7.34. The minimum Gasteiger partial charge on any atom is -0.327 e. The Morgan fingerprint density at radius 1 is 1.30 bits per heavy atom. The SMILES string of the molecule is CCCC[C@H]1CN(c2ccc(Cl)cc2)C(=O)CN1C(=O)Cn1ccnc1C.